The Labute approximate surface area is 100 Å². The molecule has 5 heteroatoms. The SMILES string of the molecule is CCc1nc(-c2ncccn2)ncc1CNC. The van der Waals surface area contributed by atoms with E-state index in [-0.39, 0.29) is 0 Å². The van der Waals surface area contributed by atoms with E-state index in [1.165, 1.54) is 0 Å². The van der Waals surface area contributed by atoms with Crippen LogP contribution in [0.5, 0.6) is 0 Å². The molecule has 2 aromatic heterocycles. The lowest BCUT2D eigenvalue weighted by Gasteiger charge is -2.07. The number of hydrogen-bond acceptors (Lipinski definition) is 5. The third-order valence-electron chi connectivity index (χ3n) is 2.42. The normalized spacial score (nSPS) is 10.5. The minimum absolute atomic E-state index is 0.568. The Morgan fingerprint density at radius 3 is 2.53 bits per heavy atom. The number of nitrogens with one attached hydrogen (secondary N) is 1. The van der Waals surface area contributed by atoms with Gasteiger partial charge < -0.3 is 5.32 Å². The maximum Gasteiger partial charge on any atom is 0.197 e. The first-order valence-electron chi connectivity index (χ1n) is 5.62. The Hall–Kier alpha value is -1.88. The van der Waals surface area contributed by atoms with Crippen molar-refractivity contribution in [3.05, 3.63) is 35.9 Å². The van der Waals surface area contributed by atoms with E-state index < -0.39 is 0 Å². The van der Waals surface area contributed by atoms with Crippen LogP contribution in [0.4, 0.5) is 0 Å². The van der Waals surface area contributed by atoms with Gasteiger partial charge in [-0.2, -0.15) is 0 Å². The van der Waals surface area contributed by atoms with Crippen LogP contribution in [0, 0.1) is 0 Å². The lowest BCUT2D eigenvalue weighted by atomic mass is 10.2. The van der Waals surface area contributed by atoms with E-state index in [0.717, 1.165) is 24.2 Å². The molecule has 0 aliphatic rings. The number of hydrogen-bond donors (Lipinski definition) is 1. The van der Waals surface area contributed by atoms with Gasteiger partial charge in [-0.15, -0.1) is 0 Å². The van der Waals surface area contributed by atoms with Crippen molar-refractivity contribution in [2.75, 3.05) is 7.05 Å². The Morgan fingerprint density at radius 2 is 1.88 bits per heavy atom. The highest BCUT2D eigenvalue weighted by Crippen LogP contribution is 2.12. The van der Waals surface area contributed by atoms with Gasteiger partial charge in [0.2, 0.25) is 0 Å². The average Bonchev–Trinajstić information content (AvgIpc) is 2.40. The molecule has 0 saturated carbocycles. The molecule has 0 aliphatic carbocycles. The van der Waals surface area contributed by atoms with Gasteiger partial charge in [-0.05, 0) is 19.5 Å². The standard InChI is InChI=1S/C12H15N5/c1-3-10-9(7-13-2)8-16-12(17-10)11-14-5-4-6-15-11/h4-6,8,13H,3,7H2,1-2H3. The molecule has 0 unspecified atom stereocenters. The van der Waals surface area contributed by atoms with Crippen LogP contribution in [0.3, 0.4) is 0 Å². The fourth-order valence-electron chi connectivity index (χ4n) is 1.61. The monoisotopic (exact) mass is 229 g/mol. The molecule has 1 N–H and O–H groups in total. The molecular weight excluding hydrogens is 214 g/mol. The molecule has 0 amide bonds. The highest BCUT2D eigenvalue weighted by molar-refractivity contribution is 5.42. The lowest BCUT2D eigenvalue weighted by molar-refractivity contribution is 0.785. The van der Waals surface area contributed by atoms with Crippen LogP contribution in [0.2, 0.25) is 0 Å². The number of rotatable bonds is 4. The first kappa shape index (κ1) is 11.6. The summed E-state index contributed by atoms with van der Waals surface area (Å²) in [6.07, 6.45) is 6.10. The molecular formula is C12H15N5. The Balaban J connectivity index is 2.38. The van der Waals surface area contributed by atoms with Crippen LogP contribution < -0.4 is 5.32 Å². The van der Waals surface area contributed by atoms with Crippen molar-refractivity contribution in [1.29, 1.82) is 0 Å². The molecule has 88 valence electrons. The highest BCUT2D eigenvalue weighted by Gasteiger charge is 2.08. The molecule has 0 saturated heterocycles. The summed E-state index contributed by atoms with van der Waals surface area (Å²) >= 11 is 0. The van der Waals surface area contributed by atoms with Crippen LogP contribution in [0.1, 0.15) is 18.2 Å². The van der Waals surface area contributed by atoms with Gasteiger partial charge >= 0.3 is 0 Å². The summed E-state index contributed by atoms with van der Waals surface area (Å²) < 4.78 is 0. The van der Waals surface area contributed by atoms with Crippen LogP contribution in [0.25, 0.3) is 11.6 Å². The molecule has 0 radical (unpaired) electrons. The number of nitrogens with zero attached hydrogens (tertiary/aromatic N) is 4. The van der Waals surface area contributed by atoms with Crippen LogP contribution in [-0.2, 0) is 13.0 Å². The molecule has 5 nitrogen and oxygen atoms in total. The first-order chi connectivity index (χ1) is 8.35. The Kier molecular flexibility index (Phi) is 3.72. The molecule has 0 aliphatic heterocycles. The second kappa shape index (κ2) is 5.45. The third-order valence-corrected chi connectivity index (χ3v) is 2.42. The number of aromatic nitrogens is 4. The van der Waals surface area contributed by atoms with Crippen molar-refractivity contribution in [2.45, 2.75) is 19.9 Å². The minimum atomic E-state index is 0.568. The maximum absolute atomic E-state index is 4.50. The van der Waals surface area contributed by atoms with E-state index in [9.17, 15) is 0 Å². The Morgan fingerprint density at radius 1 is 1.12 bits per heavy atom. The summed E-state index contributed by atoms with van der Waals surface area (Å²) in [6, 6.07) is 1.78. The van der Waals surface area contributed by atoms with E-state index in [1.807, 2.05) is 13.2 Å². The van der Waals surface area contributed by atoms with Crippen molar-refractivity contribution in [2.24, 2.45) is 0 Å². The van der Waals surface area contributed by atoms with Crippen LogP contribution >= 0.6 is 0 Å². The summed E-state index contributed by atoms with van der Waals surface area (Å²) in [5, 5.41) is 3.11. The molecule has 0 spiro atoms. The van der Waals surface area contributed by atoms with Crippen molar-refractivity contribution in [1.82, 2.24) is 25.3 Å². The highest BCUT2D eigenvalue weighted by atomic mass is 15.0. The summed E-state index contributed by atoms with van der Waals surface area (Å²) in [6.45, 7) is 2.86. The van der Waals surface area contributed by atoms with Crippen molar-refractivity contribution >= 4 is 0 Å². The fourth-order valence-corrected chi connectivity index (χ4v) is 1.61. The third kappa shape index (κ3) is 2.62. The zero-order valence-corrected chi connectivity index (χ0v) is 10.0. The van der Waals surface area contributed by atoms with Gasteiger partial charge in [0.15, 0.2) is 11.6 Å². The van der Waals surface area contributed by atoms with Gasteiger partial charge in [-0.25, -0.2) is 19.9 Å². The van der Waals surface area contributed by atoms with E-state index in [4.69, 9.17) is 0 Å². The predicted molar refractivity (Wildman–Crippen MR) is 65.2 cm³/mol. The second-order valence-electron chi connectivity index (χ2n) is 3.62. The van der Waals surface area contributed by atoms with Crippen molar-refractivity contribution in [3.8, 4) is 11.6 Å². The number of aryl methyl sites for hydroxylation is 1. The van der Waals surface area contributed by atoms with Crippen LogP contribution in [-0.4, -0.2) is 27.0 Å². The van der Waals surface area contributed by atoms with E-state index >= 15 is 0 Å². The molecule has 2 aromatic rings. The minimum Gasteiger partial charge on any atom is -0.316 e. The van der Waals surface area contributed by atoms with Gasteiger partial charge in [0, 0.05) is 36.4 Å². The van der Waals surface area contributed by atoms with Gasteiger partial charge in [0.05, 0.1) is 0 Å². The van der Waals surface area contributed by atoms with E-state index in [2.05, 4.69) is 32.2 Å². The van der Waals surface area contributed by atoms with E-state index in [0.29, 0.717) is 11.6 Å². The second-order valence-corrected chi connectivity index (χ2v) is 3.62. The molecule has 0 aromatic carbocycles. The molecule has 2 rings (SSSR count). The molecule has 2 heterocycles. The first-order valence-corrected chi connectivity index (χ1v) is 5.62. The molecule has 0 fully saturated rings. The maximum atomic E-state index is 4.50. The van der Waals surface area contributed by atoms with Gasteiger partial charge in [0.25, 0.3) is 0 Å². The predicted octanol–water partition coefficient (Wildman–Crippen LogP) is 1.22. The topological polar surface area (TPSA) is 63.6 Å². The van der Waals surface area contributed by atoms with Crippen molar-refractivity contribution in [3.63, 3.8) is 0 Å². The molecule has 17 heavy (non-hydrogen) atoms. The average molecular weight is 229 g/mol. The van der Waals surface area contributed by atoms with Crippen LogP contribution in [0.15, 0.2) is 24.7 Å². The summed E-state index contributed by atoms with van der Waals surface area (Å²) in [5.41, 5.74) is 2.16. The zero-order chi connectivity index (χ0) is 12.1. The van der Waals surface area contributed by atoms with Gasteiger partial charge in [-0.1, -0.05) is 6.92 Å². The quantitative estimate of drug-likeness (QED) is 0.854. The van der Waals surface area contributed by atoms with Crippen molar-refractivity contribution < 1.29 is 0 Å². The Bertz CT molecular complexity index is 484. The molecule has 0 bridgehead atoms. The zero-order valence-electron chi connectivity index (χ0n) is 10.0. The fraction of sp³-hybridized carbons (Fsp3) is 0.333. The summed E-state index contributed by atoms with van der Waals surface area (Å²) in [7, 11) is 1.91. The van der Waals surface area contributed by atoms with E-state index in [1.54, 1.807) is 18.5 Å². The van der Waals surface area contributed by atoms with Gasteiger partial charge in [-0.3, -0.25) is 0 Å². The molecule has 0 atom stereocenters. The summed E-state index contributed by atoms with van der Waals surface area (Å²) in [4.78, 5) is 17.1. The lowest BCUT2D eigenvalue weighted by Crippen LogP contribution is -2.10. The smallest absolute Gasteiger partial charge is 0.197 e. The van der Waals surface area contributed by atoms with Gasteiger partial charge in [0.1, 0.15) is 0 Å². The summed E-state index contributed by atoms with van der Waals surface area (Å²) in [5.74, 6) is 1.15. The largest absolute Gasteiger partial charge is 0.316 e.